The Balaban J connectivity index is 3.60. The first-order chi connectivity index (χ1) is 5.46. The van der Waals surface area contributed by atoms with E-state index in [2.05, 4.69) is 31.8 Å². The van der Waals surface area contributed by atoms with Gasteiger partial charge in [0.2, 0.25) is 0 Å². The minimum absolute atomic E-state index is 0.581. The number of anilines is 3. The fraction of sp³-hybridized carbons (Fsp3) is 0.143. The fourth-order valence-electron chi connectivity index (χ4n) is 0.920. The standard InChI is InChI=1S/C7H11IN3P/c1-2-4(9)3(8)7(12)6(11)5(2)10/h9-12H2,1H3. The highest BCUT2D eigenvalue weighted by Crippen LogP contribution is 2.29. The maximum Gasteiger partial charge on any atom is 0.0635 e. The average Bonchev–Trinajstić information content (AvgIpc) is 2.08. The van der Waals surface area contributed by atoms with Crippen LogP contribution in [0.4, 0.5) is 17.1 Å². The van der Waals surface area contributed by atoms with Gasteiger partial charge < -0.3 is 17.2 Å². The van der Waals surface area contributed by atoms with Gasteiger partial charge in [0, 0.05) is 8.87 Å². The smallest absolute Gasteiger partial charge is 0.0635 e. The van der Waals surface area contributed by atoms with Crippen LogP contribution in [0.3, 0.4) is 0 Å². The highest BCUT2D eigenvalue weighted by atomic mass is 127. The predicted molar refractivity (Wildman–Crippen MR) is 66.5 cm³/mol. The van der Waals surface area contributed by atoms with Crippen molar-refractivity contribution < 1.29 is 0 Å². The minimum Gasteiger partial charge on any atom is -0.398 e. The molecule has 0 aliphatic carbocycles. The minimum atomic E-state index is 0.581. The van der Waals surface area contributed by atoms with Crippen LogP contribution >= 0.6 is 31.8 Å². The van der Waals surface area contributed by atoms with Crippen molar-refractivity contribution in [2.75, 3.05) is 17.2 Å². The second-order valence-electron chi connectivity index (χ2n) is 2.59. The quantitative estimate of drug-likeness (QED) is 0.377. The Kier molecular flexibility index (Phi) is 2.68. The van der Waals surface area contributed by atoms with E-state index in [0.717, 1.165) is 14.4 Å². The number of nitrogen functional groups attached to an aromatic ring is 3. The van der Waals surface area contributed by atoms with Crippen molar-refractivity contribution in [1.82, 2.24) is 0 Å². The van der Waals surface area contributed by atoms with E-state index in [1.807, 2.05) is 6.92 Å². The number of rotatable bonds is 0. The molecule has 0 aliphatic rings. The molecule has 1 rings (SSSR count). The summed E-state index contributed by atoms with van der Waals surface area (Å²) in [5.74, 6) is 0. The highest BCUT2D eigenvalue weighted by molar-refractivity contribution is 14.1. The molecular formula is C7H11IN3P. The van der Waals surface area contributed by atoms with Gasteiger partial charge in [0.05, 0.1) is 17.1 Å². The van der Waals surface area contributed by atoms with E-state index in [-0.39, 0.29) is 0 Å². The van der Waals surface area contributed by atoms with Crippen LogP contribution in [0.1, 0.15) is 5.56 Å². The molecule has 66 valence electrons. The maximum atomic E-state index is 5.80. The van der Waals surface area contributed by atoms with Crippen LogP contribution in [-0.4, -0.2) is 0 Å². The average molecular weight is 295 g/mol. The molecule has 3 nitrogen and oxygen atoms in total. The van der Waals surface area contributed by atoms with Crippen LogP contribution in [0.15, 0.2) is 0 Å². The zero-order valence-corrected chi connectivity index (χ0v) is 10.00. The van der Waals surface area contributed by atoms with Crippen LogP contribution in [0.2, 0.25) is 0 Å². The van der Waals surface area contributed by atoms with E-state index < -0.39 is 0 Å². The van der Waals surface area contributed by atoms with Crippen LogP contribution in [0, 0.1) is 10.5 Å². The SMILES string of the molecule is Cc1c(N)c(N)c(P)c(I)c1N. The summed E-state index contributed by atoms with van der Waals surface area (Å²) in [6, 6.07) is 0. The van der Waals surface area contributed by atoms with Crippen LogP contribution in [0.25, 0.3) is 0 Å². The van der Waals surface area contributed by atoms with Crippen LogP contribution < -0.4 is 22.5 Å². The van der Waals surface area contributed by atoms with Gasteiger partial charge in [-0.1, -0.05) is 0 Å². The van der Waals surface area contributed by atoms with Gasteiger partial charge in [0.25, 0.3) is 0 Å². The van der Waals surface area contributed by atoms with E-state index >= 15 is 0 Å². The maximum absolute atomic E-state index is 5.80. The van der Waals surface area contributed by atoms with Crippen molar-refractivity contribution in [1.29, 1.82) is 0 Å². The van der Waals surface area contributed by atoms with E-state index in [9.17, 15) is 0 Å². The topological polar surface area (TPSA) is 78.1 Å². The highest BCUT2D eigenvalue weighted by Gasteiger charge is 2.11. The molecule has 6 N–H and O–H groups in total. The molecule has 0 heterocycles. The molecule has 5 heteroatoms. The molecule has 1 atom stereocenters. The fourth-order valence-corrected chi connectivity index (χ4v) is 1.93. The summed E-state index contributed by atoms with van der Waals surface area (Å²) >= 11 is 2.16. The molecule has 0 fully saturated rings. The van der Waals surface area contributed by atoms with Crippen molar-refractivity contribution in [3.8, 4) is 0 Å². The molecule has 0 bridgehead atoms. The summed E-state index contributed by atoms with van der Waals surface area (Å²) in [6.45, 7) is 1.87. The molecule has 1 aromatic carbocycles. The van der Waals surface area contributed by atoms with Gasteiger partial charge >= 0.3 is 0 Å². The summed E-state index contributed by atoms with van der Waals surface area (Å²) in [5, 5.41) is 0.885. The van der Waals surface area contributed by atoms with Crippen molar-refractivity contribution in [2.24, 2.45) is 0 Å². The molecule has 0 saturated heterocycles. The molecule has 0 amide bonds. The summed E-state index contributed by atoms with van der Waals surface area (Å²) in [7, 11) is 2.54. The van der Waals surface area contributed by atoms with Crippen LogP contribution in [0.5, 0.6) is 0 Å². The second kappa shape index (κ2) is 3.26. The van der Waals surface area contributed by atoms with Gasteiger partial charge in [0.1, 0.15) is 0 Å². The van der Waals surface area contributed by atoms with Crippen molar-refractivity contribution in [2.45, 2.75) is 6.92 Å². The van der Waals surface area contributed by atoms with E-state index in [1.165, 1.54) is 0 Å². The second-order valence-corrected chi connectivity index (χ2v) is 4.25. The molecule has 0 saturated carbocycles. The first-order valence-corrected chi connectivity index (χ1v) is 5.00. The van der Waals surface area contributed by atoms with Crippen molar-refractivity contribution in [3.05, 3.63) is 9.13 Å². The largest absolute Gasteiger partial charge is 0.398 e. The lowest BCUT2D eigenvalue weighted by Crippen LogP contribution is -2.14. The van der Waals surface area contributed by atoms with Crippen LogP contribution in [-0.2, 0) is 0 Å². The summed E-state index contributed by atoms with van der Waals surface area (Å²) in [5.41, 5.74) is 20.0. The first kappa shape index (κ1) is 9.86. The number of hydrogen-bond donors (Lipinski definition) is 3. The normalized spacial score (nSPS) is 10.2. The monoisotopic (exact) mass is 295 g/mol. The number of halogens is 1. The van der Waals surface area contributed by atoms with Gasteiger partial charge in [-0.15, -0.1) is 9.24 Å². The van der Waals surface area contributed by atoms with E-state index in [1.54, 1.807) is 0 Å². The number of benzene rings is 1. The van der Waals surface area contributed by atoms with Gasteiger partial charge in [-0.25, -0.2) is 0 Å². The summed E-state index contributed by atoms with van der Waals surface area (Å²) in [6.07, 6.45) is 0. The van der Waals surface area contributed by atoms with Crippen molar-refractivity contribution >= 4 is 54.2 Å². The number of nitrogens with two attached hydrogens (primary N) is 3. The Bertz CT molecular complexity index is 233. The molecule has 0 spiro atoms. The third kappa shape index (κ3) is 1.33. The Labute approximate surface area is 87.4 Å². The Hall–Kier alpha value is -0.220. The third-order valence-electron chi connectivity index (χ3n) is 1.86. The summed E-state index contributed by atoms with van der Waals surface area (Å²) < 4.78 is 0.960. The molecule has 1 aromatic rings. The molecule has 0 aromatic heterocycles. The van der Waals surface area contributed by atoms with Gasteiger partial charge in [0.15, 0.2) is 0 Å². The Morgan fingerprint density at radius 3 is 2.08 bits per heavy atom. The summed E-state index contributed by atoms with van der Waals surface area (Å²) in [4.78, 5) is 0. The van der Waals surface area contributed by atoms with Gasteiger partial charge in [-0.3, -0.25) is 0 Å². The lowest BCUT2D eigenvalue weighted by Gasteiger charge is -2.13. The molecule has 0 aliphatic heterocycles. The Morgan fingerprint density at radius 2 is 1.58 bits per heavy atom. The molecule has 12 heavy (non-hydrogen) atoms. The van der Waals surface area contributed by atoms with Gasteiger partial charge in [-0.05, 0) is 35.1 Å². The third-order valence-corrected chi connectivity index (χ3v) is 4.21. The van der Waals surface area contributed by atoms with Crippen molar-refractivity contribution in [3.63, 3.8) is 0 Å². The molecule has 1 unspecified atom stereocenters. The zero-order valence-electron chi connectivity index (χ0n) is 6.69. The zero-order chi connectivity index (χ0) is 9.46. The number of hydrogen-bond acceptors (Lipinski definition) is 3. The van der Waals surface area contributed by atoms with E-state index in [4.69, 9.17) is 17.2 Å². The van der Waals surface area contributed by atoms with Gasteiger partial charge in [-0.2, -0.15) is 0 Å². The molecular weight excluding hydrogens is 284 g/mol. The Morgan fingerprint density at radius 1 is 1.08 bits per heavy atom. The predicted octanol–water partition coefficient (Wildman–Crippen LogP) is 0.847. The van der Waals surface area contributed by atoms with E-state index in [0.29, 0.717) is 17.1 Å². The first-order valence-electron chi connectivity index (χ1n) is 3.34. The lowest BCUT2D eigenvalue weighted by molar-refractivity contribution is 1.47. The lowest BCUT2D eigenvalue weighted by atomic mass is 10.1. The molecule has 0 radical (unpaired) electrons.